The third kappa shape index (κ3) is 9.04. The summed E-state index contributed by atoms with van der Waals surface area (Å²) in [6, 6.07) is 10.9. The number of benzene rings is 1. The minimum absolute atomic E-state index is 0. The highest BCUT2D eigenvalue weighted by molar-refractivity contribution is 14.0. The number of nitrogens with one attached hydrogen (secondary N) is 2. The highest BCUT2D eigenvalue weighted by Gasteiger charge is 2.03. The molecule has 1 aromatic carbocycles. The first-order chi connectivity index (χ1) is 14.0. The van der Waals surface area contributed by atoms with E-state index < -0.39 is 0 Å². The van der Waals surface area contributed by atoms with Crippen molar-refractivity contribution in [1.82, 2.24) is 25.3 Å². The van der Waals surface area contributed by atoms with Gasteiger partial charge in [0.25, 0.3) is 0 Å². The van der Waals surface area contributed by atoms with Crippen LogP contribution in [-0.2, 0) is 19.6 Å². The van der Waals surface area contributed by atoms with Crippen molar-refractivity contribution >= 4 is 29.9 Å². The van der Waals surface area contributed by atoms with E-state index in [2.05, 4.69) is 83.3 Å². The average molecular weight is 527 g/mol. The third-order valence-corrected chi connectivity index (χ3v) is 5.03. The summed E-state index contributed by atoms with van der Waals surface area (Å²) in [6.45, 7) is 17.1. The van der Waals surface area contributed by atoms with Crippen LogP contribution in [0.2, 0.25) is 0 Å². The Hall–Kier alpha value is -1.61. The molecule has 2 rings (SSSR count). The maximum Gasteiger partial charge on any atom is 0.191 e. The molecule has 1 aromatic heterocycles. The summed E-state index contributed by atoms with van der Waals surface area (Å²) in [6.07, 6.45) is 1.01. The van der Waals surface area contributed by atoms with Crippen molar-refractivity contribution in [2.75, 3.05) is 26.2 Å². The van der Waals surface area contributed by atoms with E-state index in [0.717, 1.165) is 57.3 Å². The fourth-order valence-electron chi connectivity index (χ4n) is 3.30. The van der Waals surface area contributed by atoms with Gasteiger partial charge in [0.15, 0.2) is 5.96 Å². The van der Waals surface area contributed by atoms with Crippen molar-refractivity contribution in [2.45, 2.75) is 60.7 Å². The van der Waals surface area contributed by atoms with E-state index in [4.69, 9.17) is 4.99 Å². The maximum absolute atomic E-state index is 4.73. The Morgan fingerprint density at radius 1 is 1.03 bits per heavy atom. The lowest BCUT2D eigenvalue weighted by Crippen LogP contribution is -2.38. The summed E-state index contributed by atoms with van der Waals surface area (Å²) in [5.74, 6) is 0.869. The van der Waals surface area contributed by atoms with Crippen molar-refractivity contribution < 1.29 is 0 Å². The Balaban J connectivity index is 0.00000450. The Morgan fingerprint density at radius 3 is 2.27 bits per heavy atom. The fraction of sp³-hybridized carbons (Fsp3) is 0.565. The van der Waals surface area contributed by atoms with Gasteiger partial charge in [0.1, 0.15) is 0 Å². The van der Waals surface area contributed by atoms with Crippen LogP contribution in [0.3, 0.4) is 0 Å². The Labute approximate surface area is 199 Å². The van der Waals surface area contributed by atoms with Gasteiger partial charge in [-0.05, 0) is 57.5 Å². The molecule has 0 spiro atoms. The first-order valence-electron chi connectivity index (χ1n) is 10.9. The van der Waals surface area contributed by atoms with Gasteiger partial charge >= 0.3 is 0 Å². The van der Waals surface area contributed by atoms with E-state index >= 15 is 0 Å². The first-order valence-corrected chi connectivity index (χ1v) is 10.9. The highest BCUT2D eigenvalue weighted by atomic mass is 127. The van der Waals surface area contributed by atoms with Crippen LogP contribution in [0, 0.1) is 13.8 Å². The number of guanidine groups is 1. The summed E-state index contributed by atoms with van der Waals surface area (Å²) in [5, 5.41) is 11.3. The second-order valence-corrected chi connectivity index (χ2v) is 7.40. The van der Waals surface area contributed by atoms with Crippen molar-refractivity contribution in [3.63, 3.8) is 0 Å². The fourth-order valence-corrected chi connectivity index (χ4v) is 3.30. The van der Waals surface area contributed by atoms with Crippen molar-refractivity contribution in [2.24, 2.45) is 4.99 Å². The van der Waals surface area contributed by atoms with E-state index in [1.807, 2.05) is 6.92 Å². The molecule has 168 valence electrons. The smallest absolute Gasteiger partial charge is 0.191 e. The number of aliphatic imine (C=N–C) groups is 1. The van der Waals surface area contributed by atoms with Gasteiger partial charge in [0.2, 0.25) is 0 Å². The predicted octanol–water partition coefficient (Wildman–Crippen LogP) is 4.11. The topological polar surface area (TPSA) is 57.5 Å². The van der Waals surface area contributed by atoms with E-state index in [-0.39, 0.29) is 24.0 Å². The molecule has 0 radical (unpaired) electrons. The average Bonchev–Trinajstić information content (AvgIpc) is 3.05. The number of aryl methyl sites for hydroxylation is 3. The van der Waals surface area contributed by atoms with Crippen molar-refractivity contribution in [3.8, 4) is 0 Å². The minimum atomic E-state index is 0. The van der Waals surface area contributed by atoms with Crippen LogP contribution >= 0.6 is 24.0 Å². The monoisotopic (exact) mass is 526 g/mol. The van der Waals surface area contributed by atoms with Gasteiger partial charge in [-0.1, -0.05) is 38.1 Å². The summed E-state index contributed by atoms with van der Waals surface area (Å²) in [4.78, 5) is 7.16. The van der Waals surface area contributed by atoms with E-state index in [0.29, 0.717) is 6.54 Å². The van der Waals surface area contributed by atoms with Crippen LogP contribution in [-0.4, -0.2) is 46.8 Å². The molecule has 0 atom stereocenters. The van der Waals surface area contributed by atoms with Gasteiger partial charge in [-0.25, -0.2) is 4.99 Å². The molecule has 0 saturated heterocycles. The number of aromatic nitrogens is 2. The first kappa shape index (κ1) is 26.4. The summed E-state index contributed by atoms with van der Waals surface area (Å²) in [7, 11) is 0. The largest absolute Gasteiger partial charge is 0.357 e. The molecule has 2 N–H and O–H groups in total. The standard InChI is InChI=1S/C23H38N6.HI/c1-6-24-23(25-14-9-15-29-20(5)16-19(4)27-29)26-17-21-10-12-22(13-11-21)18-28(7-2)8-3;/h10-13,16H,6-9,14-15,17-18H2,1-5H3,(H2,24,25,26);1H. The summed E-state index contributed by atoms with van der Waals surface area (Å²) in [5.41, 5.74) is 4.88. The van der Waals surface area contributed by atoms with Crippen LogP contribution in [0.15, 0.2) is 35.3 Å². The normalized spacial score (nSPS) is 11.5. The Kier molecular flexibility index (Phi) is 12.7. The van der Waals surface area contributed by atoms with Crippen LogP contribution in [0.5, 0.6) is 0 Å². The van der Waals surface area contributed by atoms with Gasteiger partial charge in [0, 0.05) is 31.9 Å². The predicted molar refractivity (Wildman–Crippen MR) is 138 cm³/mol. The van der Waals surface area contributed by atoms with Gasteiger partial charge in [0.05, 0.1) is 12.2 Å². The lowest BCUT2D eigenvalue weighted by molar-refractivity contribution is 0.296. The molecule has 1 heterocycles. The zero-order valence-electron chi connectivity index (χ0n) is 19.2. The van der Waals surface area contributed by atoms with E-state index in [1.54, 1.807) is 0 Å². The number of hydrogen-bond acceptors (Lipinski definition) is 3. The molecule has 0 aliphatic rings. The van der Waals surface area contributed by atoms with Crippen LogP contribution in [0.25, 0.3) is 0 Å². The lowest BCUT2D eigenvalue weighted by atomic mass is 10.1. The zero-order valence-corrected chi connectivity index (χ0v) is 21.6. The number of hydrogen-bond donors (Lipinski definition) is 2. The molecular weight excluding hydrogens is 487 g/mol. The SMILES string of the molecule is CCNC(=NCc1ccc(CN(CC)CC)cc1)NCCCn1nc(C)cc1C.I. The molecule has 6 nitrogen and oxygen atoms in total. The Bertz CT molecular complexity index is 750. The second-order valence-electron chi connectivity index (χ2n) is 7.40. The van der Waals surface area contributed by atoms with E-state index in [9.17, 15) is 0 Å². The molecule has 2 aromatic rings. The summed E-state index contributed by atoms with van der Waals surface area (Å²) < 4.78 is 2.07. The van der Waals surface area contributed by atoms with E-state index in [1.165, 1.54) is 16.8 Å². The number of halogens is 1. The minimum Gasteiger partial charge on any atom is -0.357 e. The molecule has 7 heteroatoms. The molecule has 0 aliphatic carbocycles. The third-order valence-electron chi connectivity index (χ3n) is 5.03. The van der Waals surface area contributed by atoms with Crippen LogP contribution in [0.4, 0.5) is 0 Å². The summed E-state index contributed by atoms with van der Waals surface area (Å²) >= 11 is 0. The zero-order chi connectivity index (χ0) is 21.1. The maximum atomic E-state index is 4.73. The van der Waals surface area contributed by atoms with Crippen LogP contribution < -0.4 is 10.6 Å². The van der Waals surface area contributed by atoms with Crippen LogP contribution in [0.1, 0.15) is 49.7 Å². The highest BCUT2D eigenvalue weighted by Crippen LogP contribution is 2.08. The molecule has 0 fully saturated rings. The molecule has 0 unspecified atom stereocenters. The molecular formula is C23H39IN6. The molecule has 30 heavy (non-hydrogen) atoms. The molecule has 0 aliphatic heterocycles. The lowest BCUT2D eigenvalue weighted by Gasteiger charge is -2.18. The van der Waals surface area contributed by atoms with Gasteiger partial charge in [-0.2, -0.15) is 5.10 Å². The number of nitrogens with zero attached hydrogens (tertiary/aromatic N) is 4. The van der Waals surface area contributed by atoms with Gasteiger partial charge in [-0.3, -0.25) is 9.58 Å². The molecule has 0 amide bonds. The Morgan fingerprint density at radius 2 is 1.70 bits per heavy atom. The number of rotatable bonds is 11. The quantitative estimate of drug-likeness (QED) is 0.200. The second kappa shape index (κ2) is 14.4. The molecule has 0 bridgehead atoms. The van der Waals surface area contributed by atoms with Crippen molar-refractivity contribution in [3.05, 3.63) is 52.8 Å². The molecule has 0 saturated carbocycles. The van der Waals surface area contributed by atoms with Gasteiger partial charge in [-0.15, -0.1) is 24.0 Å². The van der Waals surface area contributed by atoms with Gasteiger partial charge < -0.3 is 10.6 Å². The van der Waals surface area contributed by atoms with Crippen molar-refractivity contribution in [1.29, 1.82) is 0 Å².